The van der Waals surface area contributed by atoms with Gasteiger partial charge in [-0.1, -0.05) is 24.3 Å². The van der Waals surface area contributed by atoms with E-state index in [1.807, 2.05) is 0 Å². The predicted molar refractivity (Wildman–Crippen MR) is 41.9 cm³/mol. The fourth-order valence-corrected chi connectivity index (χ4v) is 1.47. The van der Waals surface area contributed by atoms with Gasteiger partial charge in [0.05, 0.1) is 0 Å². The molecule has 62 valence electrons. The van der Waals surface area contributed by atoms with Crippen LogP contribution in [0.1, 0.15) is 6.42 Å². The Hall–Kier alpha value is -0.410. The zero-order valence-corrected chi connectivity index (χ0v) is 6.74. The minimum absolute atomic E-state index is 0.188. The molecule has 4 nitrogen and oxygen atoms in total. The van der Waals surface area contributed by atoms with E-state index in [1.54, 1.807) is 18.2 Å². The van der Waals surface area contributed by atoms with Crippen LogP contribution in [0.15, 0.2) is 24.3 Å². The summed E-state index contributed by atoms with van der Waals surface area (Å²) in [6.07, 6.45) is 6.42. The Bertz CT molecular complexity index is 255. The molecule has 1 rings (SSSR count). The topological polar surface area (TPSA) is 83.6 Å². The minimum Gasteiger partial charge on any atom is -0.323 e. The van der Waals surface area contributed by atoms with Gasteiger partial charge in [0, 0.05) is 0 Å². The monoisotopic (exact) mass is 175 g/mol. The average molecular weight is 175 g/mol. The largest absolute Gasteiger partial charge is 0.349 e. The molecule has 0 saturated heterocycles. The second kappa shape index (κ2) is 2.57. The number of hydrogen-bond acceptors (Lipinski definition) is 2. The fourth-order valence-electron chi connectivity index (χ4n) is 0.842. The third-order valence-corrected chi connectivity index (χ3v) is 3.04. The van der Waals surface area contributed by atoms with E-state index in [2.05, 4.69) is 0 Å². The molecule has 0 aromatic heterocycles. The Kier molecular flexibility index (Phi) is 2.03. The van der Waals surface area contributed by atoms with Crippen LogP contribution >= 0.6 is 7.60 Å². The fraction of sp³-hybridized carbons (Fsp3) is 0.333. The van der Waals surface area contributed by atoms with E-state index in [0.717, 1.165) is 0 Å². The van der Waals surface area contributed by atoms with Crippen LogP contribution in [0.3, 0.4) is 0 Å². The van der Waals surface area contributed by atoms with Crippen LogP contribution in [0.4, 0.5) is 0 Å². The summed E-state index contributed by atoms with van der Waals surface area (Å²) in [5.41, 5.74) is 5.43. The standard InChI is InChI=1S/C6H10NO3P/c7-6(11(8,9)10)4-2-1-3-5-6/h1-4H,5,7H2,(H2,8,9,10). The Morgan fingerprint density at radius 3 is 2.36 bits per heavy atom. The summed E-state index contributed by atoms with van der Waals surface area (Å²) in [6, 6.07) is 0. The van der Waals surface area contributed by atoms with E-state index in [0.29, 0.717) is 0 Å². The summed E-state index contributed by atoms with van der Waals surface area (Å²) >= 11 is 0. The number of nitrogens with two attached hydrogens (primary N) is 1. The summed E-state index contributed by atoms with van der Waals surface area (Å²) in [7, 11) is -4.21. The van der Waals surface area contributed by atoms with Gasteiger partial charge in [-0.3, -0.25) is 4.57 Å². The summed E-state index contributed by atoms with van der Waals surface area (Å²) in [6.45, 7) is 0. The van der Waals surface area contributed by atoms with Crippen molar-refractivity contribution in [2.75, 3.05) is 0 Å². The minimum atomic E-state index is -4.21. The maximum atomic E-state index is 10.8. The van der Waals surface area contributed by atoms with E-state index in [-0.39, 0.29) is 6.42 Å². The molecule has 1 aliphatic rings. The highest BCUT2D eigenvalue weighted by atomic mass is 31.2. The molecule has 11 heavy (non-hydrogen) atoms. The molecule has 0 bridgehead atoms. The van der Waals surface area contributed by atoms with Gasteiger partial charge >= 0.3 is 7.60 Å². The number of hydrogen-bond donors (Lipinski definition) is 3. The third-order valence-electron chi connectivity index (χ3n) is 1.62. The van der Waals surface area contributed by atoms with Gasteiger partial charge in [-0.05, 0) is 6.42 Å². The SMILES string of the molecule is NC1(P(=O)(O)O)C=CC=CC1. The van der Waals surface area contributed by atoms with Crippen molar-refractivity contribution in [3.8, 4) is 0 Å². The van der Waals surface area contributed by atoms with Crippen molar-refractivity contribution < 1.29 is 14.4 Å². The zero-order valence-electron chi connectivity index (χ0n) is 5.84. The van der Waals surface area contributed by atoms with E-state index in [9.17, 15) is 4.57 Å². The van der Waals surface area contributed by atoms with Gasteiger partial charge in [-0.2, -0.15) is 0 Å². The van der Waals surface area contributed by atoms with E-state index in [1.165, 1.54) is 6.08 Å². The van der Waals surface area contributed by atoms with Crippen molar-refractivity contribution in [2.45, 2.75) is 11.7 Å². The van der Waals surface area contributed by atoms with Crippen molar-refractivity contribution in [3.05, 3.63) is 24.3 Å². The molecule has 0 aromatic carbocycles. The molecule has 0 amide bonds. The first-order chi connectivity index (χ1) is 4.96. The highest BCUT2D eigenvalue weighted by molar-refractivity contribution is 7.53. The van der Waals surface area contributed by atoms with Crippen LogP contribution in [-0.4, -0.2) is 15.1 Å². The Morgan fingerprint density at radius 2 is 2.09 bits per heavy atom. The van der Waals surface area contributed by atoms with Gasteiger partial charge in [-0.15, -0.1) is 0 Å². The predicted octanol–water partition coefficient (Wildman–Crippen LogP) is 0.335. The quantitative estimate of drug-likeness (QED) is 0.501. The molecule has 0 saturated carbocycles. The smallest absolute Gasteiger partial charge is 0.323 e. The van der Waals surface area contributed by atoms with Crippen LogP contribution in [0.25, 0.3) is 0 Å². The summed E-state index contributed by atoms with van der Waals surface area (Å²) in [5.74, 6) is 0. The van der Waals surface area contributed by atoms with Crippen LogP contribution in [0.5, 0.6) is 0 Å². The zero-order chi connectivity index (χ0) is 8.54. The van der Waals surface area contributed by atoms with Crippen molar-refractivity contribution in [1.82, 2.24) is 0 Å². The van der Waals surface area contributed by atoms with Gasteiger partial charge in [0.1, 0.15) is 5.28 Å². The maximum Gasteiger partial charge on any atom is 0.349 e. The normalized spacial score (nSPS) is 30.8. The first-order valence-corrected chi connectivity index (χ1v) is 4.76. The molecule has 4 N–H and O–H groups in total. The van der Waals surface area contributed by atoms with Gasteiger partial charge in [0.2, 0.25) is 0 Å². The van der Waals surface area contributed by atoms with Crippen molar-refractivity contribution in [2.24, 2.45) is 5.73 Å². The molecule has 1 aliphatic carbocycles. The number of allylic oxidation sites excluding steroid dienone is 2. The lowest BCUT2D eigenvalue weighted by Crippen LogP contribution is -2.37. The molecular formula is C6H10NO3P. The second-order valence-electron chi connectivity index (χ2n) is 2.53. The Balaban J connectivity index is 2.94. The molecule has 0 spiro atoms. The van der Waals surface area contributed by atoms with Crippen molar-refractivity contribution in [1.29, 1.82) is 0 Å². The van der Waals surface area contributed by atoms with E-state index in [4.69, 9.17) is 15.5 Å². The van der Waals surface area contributed by atoms with Crippen molar-refractivity contribution >= 4 is 7.60 Å². The summed E-state index contributed by atoms with van der Waals surface area (Å²) in [4.78, 5) is 17.6. The van der Waals surface area contributed by atoms with E-state index >= 15 is 0 Å². The molecule has 0 aliphatic heterocycles. The maximum absolute atomic E-state index is 10.8. The third kappa shape index (κ3) is 1.60. The van der Waals surface area contributed by atoms with Crippen LogP contribution in [0, 0.1) is 0 Å². The molecule has 0 aromatic rings. The summed E-state index contributed by atoms with van der Waals surface area (Å²) < 4.78 is 10.8. The lowest BCUT2D eigenvalue weighted by Gasteiger charge is -2.26. The van der Waals surface area contributed by atoms with Crippen molar-refractivity contribution in [3.63, 3.8) is 0 Å². The molecule has 1 atom stereocenters. The highest BCUT2D eigenvalue weighted by Gasteiger charge is 2.40. The molecular weight excluding hydrogens is 165 g/mol. The average Bonchev–Trinajstić information content (AvgIpc) is 1.87. The van der Waals surface area contributed by atoms with Gasteiger partial charge in [0.25, 0.3) is 0 Å². The molecule has 5 heteroatoms. The Morgan fingerprint density at radius 1 is 1.45 bits per heavy atom. The van der Waals surface area contributed by atoms with Gasteiger partial charge in [0.15, 0.2) is 0 Å². The first-order valence-electron chi connectivity index (χ1n) is 3.15. The highest BCUT2D eigenvalue weighted by Crippen LogP contribution is 2.50. The van der Waals surface area contributed by atoms with E-state index < -0.39 is 12.9 Å². The number of rotatable bonds is 1. The molecule has 1 unspecified atom stereocenters. The van der Waals surface area contributed by atoms with Crippen LogP contribution in [-0.2, 0) is 4.57 Å². The summed E-state index contributed by atoms with van der Waals surface area (Å²) in [5, 5.41) is -1.48. The molecule has 0 radical (unpaired) electrons. The molecule has 0 fully saturated rings. The van der Waals surface area contributed by atoms with Crippen LogP contribution in [0.2, 0.25) is 0 Å². The Labute approximate surface area is 64.6 Å². The van der Waals surface area contributed by atoms with Crippen LogP contribution < -0.4 is 5.73 Å². The first kappa shape index (κ1) is 8.68. The second-order valence-corrected chi connectivity index (χ2v) is 4.45. The van der Waals surface area contributed by atoms with Gasteiger partial charge in [-0.25, -0.2) is 0 Å². The van der Waals surface area contributed by atoms with Gasteiger partial charge < -0.3 is 15.5 Å². The lowest BCUT2D eigenvalue weighted by molar-refractivity contribution is 0.341. The lowest BCUT2D eigenvalue weighted by atomic mass is 10.1. The molecule has 0 heterocycles.